The lowest BCUT2D eigenvalue weighted by Crippen LogP contribution is -2.41. The summed E-state index contributed by atoms with van der Waals surface area (Å²) >= 11 is 0. The Morgan fingerprint density at radius 3 is 2.32 bits per heavy atom. The van der Waals surface area contributed by atoms with Gasteiger partial charge in [-0.1, -0.05) is 0 Å². The van der Waals surface area contributed by atoms with Gasteiger partial charge in [-0.05, 0) is 43.2 Å². The van der Waals surface area contributed by atoms with Gasteiger partial charge in [0.15, 0.2) is 0 Å². The quantitative estimate of drug-likeness (QED) is 0.657. The van der Waals surface area contributed by atoms with Crippen LogP contribution in [-0.2, 0) is 21.9 Å². The highest BCUT2D eigenvalue weighted by Gasteiger charge is 2.33. The maximum atomic E-state index is 12.8. The van der Waals surface area contributed by atoms with Crippen LogP contribution in [0.25, 0.3) is 0 Å². The highest BCUT2D eigenvalue weighted by Crippen LogP contribution is 2.26. The van der Waals surface area contributed by atoms with Crippen LogP contribution < -0.4 is 15.8 Å². The first-order valence-electron chi connectivity index (χ1n) is 9.40. The molecule has 0 saturated carbocycles. The van der Waals surface area contributed by atoms with E-state index in [0.717, 1.165) is 0 Å². The molecule has 0 spiro atoms. The summed E-state index contributed by atoms with van der Waals surface area (Å²) in [6.07, 6.45) is 1.95. The highest BCUT2D eigenvalue weighted by molar-refractivity contribution is 7.89. The molecule has 2 heterocycles. The van der Waals surface area contributed by atoms with Crippen molar-refractivity contribution in [1.29, 1.82) is 0 Å². The number of carbonyl (C=O) groups is 2. The van der Waals surface area contributed by atoms with Crippen molar-refractivity contribution in [2.75, 3.05) is 18.4 Å². The molecule has 3 N–H and O–H groups in total. The van der Waals surface area contributed by atoms with E-state index in [1.165, 1.54) is 52.4 Å². The van der Waals surface area contributed by atoms with E-state index in [9.17, 15) is 26.8 Å². The minimum absolute atomic E-state index is 0.0214. The van der Waals surface area contributed by atoms with E-state index in [1.807, 2.05) is 0 Å². The average Bonchev–Trinajstić information content (AvgIpc) is 3.12. The molecular weight excluding hydrogens is 434 g/mol. The summed E-state index contributed by atoms with van der Waals surface area (Å²) in [5.41, 5.74) is 5.74. The second kappa shape index (κ2) is 9.02. The van der Waals surface area contributed by atoms with Crippen molar-refractivity contribution in [2.45, 2.75) is 24.3 Å². The molecule has 0 unspecified atom stereocenters. The zero-order valence-corrected chi connectivity index (χ0v) is 17.4. The molecule has 31 heavy (non-hydrogen) atoms. The van der Waals surface area contributed by atoms with Crippen molar-refractivity contribution in [2.24, 2.45) is 18.7 Å². The van der Waals surface area contributed by atoms with Gasteiger partial charge in [-0.3, -0.25) is 9.59 Å². The molecule has 2 aromatic rings. The number of primary amides is 1. The van der Waals surface area contributed by atoms with Crippen LogP contribution in [0, 0.1) is 5.92 Å². The van der Waals surface area contributed by atoms with Gasteiger partial charge in [0, 0.05) is 37.9 Å². The molecule has 1 aromatic heterocycles. The fraction of sp³-hybridized carbons (Fsp3) is 0.368. The fourth-order valence-electron chi connectivity index (χ4n) is 3.39. The van der Waals surface area contributed by atoms with Crippen molar-refractivity contribution >= 4 is 27.5 Å². The molecule has 168 valence electrons. The molecule has 1 fully saturated rings. The van der Waals surface area contributed by atoms with Gasteiger partial charge in [0.05, 0.1) is 0 Å². The van der Waals surface area contributed by atoms with Crippen LogP contribution in [-0.4, -0.2) is 48.8 Å². The molecular formula is C19H22F2N4O5S. The van der Waals surface area contributed by atoms with E-state index >= 15 is 0 Å². The van der Waals surface area contributed by atoms with Crippen LogP contribution >= 0.6 is 0 Å². The Morgan fingerprint density at radius 2 is 1.81 bits per heavy atom. The fourth-order valence-corrected chi connectivity index (χ4v) is 4.93. The third-order valence-electron chi connectivity index (χ3n) is 5.04. The van der Waals surface area contributed by atoms with Crippen LogP contribution in [0.3, 0.4) is 0 Å². The van der Waals surface area contributed by atoms with Crippen LogP contribution in [0.15, 0.2) is 41.4 Å². The van der Waals surface area contributed by atoms with Gasteiger partial charge >= 0.3 is 6.61 Å². The third-order valence-corrected chi connectivity index (χ3v) is 6.91. The number of aryl methyl sites for hydroxylation is 1. The normalized spacial score (nSPS) is 15.7. The summed E-state index contributed by atoms with van der Waals surface area (Å²) in [7, 11) is -2.29. The summed E-state index contributed by atoms with van der Waals surface area (Å²) in [5.74, 6) is -1.43. The summed E-state index contributed by atoms with van der Waals surface area (Å²) in [6, 6.07) is 6.76. The Kier molecular flexibility index (Phi) is 6.60. The summed E-state index contributed by atoms with van der Waals surface area (Å²) in [5, 5.41) is 2.70. The van der Waals surface area contributed by atoms with Crippen molar-refractivity contribution in [3.63, 3.8) is 0 Å². The monoisotopic (exact) mass is 456 g/mol. The van der Waals surface area contributed by atoms with E-state index in [0.29, 0.717) is 18.5 Å². The van der Waals surface area contributed by atoms with Gasteiger partial charge in [0.1, 0.15) is 16.3 Å². The number of hydrogen-bond donors (Lipinski definition) is 2. The van der Waals surface area contributed by atoms with Crippen LogP contribution in [0.2, 0.25) is 0 Å². The first-order chi connectivity index (χ1) is 14.6. The van der Waals surface area contributed by atoms with Crippen LogP contribution in [0.1, 0.15) is 23.3 Å². The first kappa shape index (κ1) is 22.7. The standard InChI is InChI=1S/C19H22F2N4O5S/c1-24-11-15(10-16(24)17(22)26)31(28,29)25-8-6-12(7-9-25)18(27)23-13-2-4-14(5-3-13)30-19(20)21/h2-5,10-12,19H,6-9H2,1H3,(H2,22,26)(H,23,27). The number of carbonyl (C=O) groups excluding carboxylic acids is 2. The van der Waals surface area contributed by atoms with E-state index in [2.05, 4.69) is 10.1 Å². The lowest BCUT2D eigenvalue weighted by molar-refractivity contribution is -0.120. The predicted octanol–water partition coefficient (Wildman–Crippen LogP) is 1.76. The molecule has 1 aliphatic heterocycles. The van der Waals surface area contributed by atoms with Gasteiger partial charge in [-0.2, -0.15) is 13.1 Å². The first-order valence-corrected chi connectivity index (χ1v) is 10.8. The van der Waals surface area contributed by atoms with Crippen molar-refractivity contribution in [3.05, 3.63) is 42.2 Å². The molecule has 9 nitrogen and oxygen atoms in total. The number of nitrogens with two attached hydrogens (primary N) is 1. The number of sulfonamides is 1. The van der Waals surface area contributed by atoms with Crippen molar-refractivity contribution in [1.82, 2.24) is 8.87 Å². The van der Waals surface area contributed by atoms with Gasteiger partial charge in [0.25, 0.3) is 5.91 Å². The van der Waals surface area contributed by atoms with Gasteiger partial charge in [0.2, 0.25) is 15.9 Å². The number of amides is 2. The topological polar surface area (TPSA) is 124 Å². The smallest absolute Gasteiger partial charge is 0.387 e. The Morgan fingerprint density at radius 1 is 1.19 bits per heavy atom. The molecule has 0 aliphatic carbocycles. The number of nitrogens with zero attached hydrogens (tertiary/aromatic N) is 2. The zero-order chi connectivity index (χ0) is 22.8. The van der Waals surface area contributed by atoms with Gasteiger partial charge < -0.3 is 20.4 Å². The second-order valence-electron chi connectivity index (χ2n) is 7.11. The molecule has 12 heteroatoms. The van der Waals surface area contributed by atoms with Crippen molar-refractivity contribution in [3.8, 4) is 5.75 Å². The Labute approximate surface area is 177 Å². The molecule has 1 aliphatic rings. The number of anilines is 1. The lowest BCUT2D eigenvalue weighted by atomic mass is 9.97. The number of benzene rings is 1. The molecule has 1 saturated heterocycles. The third kappa shape index (κ3) is 5.20. The SMILES string of the molecule is Cn1cc(S(=O)(=O)N2CCC(C(=O)Nc3ccc(OC(F)F)cc3)CC2)cc1C(N)=O. The minimum atomic E-state index is -3.82. The Bertz CT molecular complexity index is 1060. The molecule has 1 aromatic carbocycles. The van der Waals surface area contributed by atoms with Crippen molar-refractivity contribution < 1.29 is 31.5 Å². The summed E-state index contributed by atoms with van der Waals surface area (Å²) in [4.78, 5) is 23.8. The number of nitrogens with one attached hydrogen (secondary N) is 1. The number of hydrogen-bond acceptors (Lipinski definition) is 5. The highest BCUT2D eigenvalue weighted by atomic mass is 32.2. The number of aromatic nitrogens is 1. The van der Waals surface area contributed by atoms with E-state index < -0.39 is 28.5 Å². The average molecular weight is 456 g/mol. The maximum Gasteiger partial charge on any atom is 0.387 e. The molecule has 0 atom stereocenters. The molecule has 3 rings (SSSR count). The number of ether oxygens (including phenoxy) is 1. The summed E-state index contributed by atoms with van der Waals surface area (Å²) in [6.45, 7) is -2.65. The lowest BCUT2D eigenvalue weighted by Gasteiger charge is -2.30. The number of alkyl halides is 2. The summed E-state index contributed by atoms with van der Waals surface area (Å²) < 4.78 is 57.0. The van der Waals surface area contributed by atoms with E-state index in [-0.39, 0.29) is 35.3 Å². The van der Waals surface area contributed by atoms with Gasteiger partial charge in [-0.15, -0.1) is 0 Å². The molecule has 0 radical (unpaired) electrons. The van der Waals surface area contributed by atoms with E-state index in [4.69, 9.17) is 5.73 Å². The largest absolute Gasteiger partial charge is 0.435 e. The van der Waals surface area contributed by atoms with Gasteiger partial charge in [-0.25, -0.2) is 8.42 Å². The Hall–Kier alpha value is -2.99. The minimum Gasteiger partial charge on any atom is -0.435 e. The maximum absolute atomic E-state index is 12.8. The Balaban J connectivity index is 1.59. The predicted molar refractivity (Wildman–Crippen MR) is 107 cm³/mol. The number of piperidine rings is 1. The second-order valence-corrected chi connectivity index (χ2v) is 9.04. The number of rotatable bonds is 7. The molecule has 0 bridgehead atoms. The van der Waals surface area contributed by atoms with Crippen LogP contribution in [0.4, 0.5) is 14.5 Å². The molecule has 2 amide bonds. The number of halogens is 2. The van der Waals surface area contributed by atoms with E-state index in [1.54, 1.807) is 0 Å². The zero-order valence-electron chi connectivity index (χ0n) is 16.6. The van der Waals surface area contributed by atoms with Crippen LogP contribution in [0.5, 0.6) is 5.75 Å².